The summed E-state index contributed by atoms with van der Waals surface area (Å²) in [5, 5.41) is -0.174. The van der Waals surface area contributed by atoms with Gasteiger partial charge in [0.1, 0.15) is 5.82 Å². The monoisotopic (exact) mass is 327 g/mol. The van der Waals surface area contributed by atoms with E-state index in [0.29, 0.717) is 12.0 Å². The Balaban J connectivity index is 2.44. The highest BCUT2D eigenvalue weighted by Crippen LogP contribution is 2.27. The minimum absolute atomic E-state index is 0.0171. The minimum Gasteiger partial charge on any atom is -0.355 e. The molecule has 19 heavy (non-hydrogen) atoms. The molecule has 0 unspecified atom stereocenters. The Morgan fingerprint density at radius 3 is 2.68 bits per heavy atom. The molecule has 1 aliphatic carbocycles. The molecule has 0 amide bonds. The van der Waals surface area contributed by atoms with Crippen LogP contribution in [-0.2, 0) is 12.8 Å². The molecule has 100 valence electrons. The first-order valence-electron chi connectivity index (χ1n) is 6.31. The smallest absolute Gasteiger partial charge is 0.195 e. The van der Waals surface area contributed by atoms with E-state index in [1.807, 2.05) is 0 Å². The van der Waals surface area contributed by atoms with Crippen LogP contribution in [0.25, 0.3) is 10.9 Å². The van der Waals surface area contributed by atoms with Crippen LogP contribution in [0, 0.1) is 11.6 Å². The van der Waals surface area contributed by atoms with Crippen LogP contribution in [0.1, 0.15) is 30.5 Å². The number of fused-ring (bicyclic) bond motifs is 2. The number of halogens is 3. The Morgan fingerprint density at radius 2 is 1.89 bits per heavy atom. The molecule has 2 aromatic rings. The number of hydrogen-bond acceptors (Lipinski definition) is 1. The molecule has 1 aromatic carbocycles. The molecule has 0 spiro atoms. The summed E-state index contributed by atoms with van der Waals surface area (Å²) in [4.78, 5) is 15.3. The van der Waals surface area contributed by atoms with Crippen LogP contribution in [0.15, 0.2) is 15.3 Å². The summed E-state index contributed by atoms with van der Waals surface area (Å²) in [6.45, 7) is 0. The van der Waals surface area contributed by atoms with Gasteiger partial charge in [-0.1, -0.05) is 6.42 Å². The fourth-order valence-corrected chi connectivity index (χ4v) is 3.10. The highest BCUT2D eigenvalue weighted by atomic mass is 79.9. The first-order chi connectivity index (χ1) is 9.09. The summed E-state index contributed by atoms with van der Waals surface area (Å²) in [7, 11) is 0. The Hall–Kier alpha value is -1.23. The predicted molar refractivity (Wildman–Crippen MR) is 73.4 cm³/mol. The van der Waals surface area contributed by atoms with Crippen molar-refractivity contribution >= 4 is 26.8 Å². The van der Waals surface area contributed by atoms with E-state index in [2.05, 4.69) is 20.9 Å². The van der Waals surface area contributed by atoms with Crippen LogP contribution in [0.3, 0.4) is 0 Å². The predicted octanol–water partition coefficient (Wildman–Crippen LogP) is 3.84. The number of hydrogen-bond donors (Lipinski definition) is 1. The quantitative estimate of drug-likeness (QED) is 0.578. The van der Waals surface area contributed by atoms with Gasteiger partial charge in [0.2, 0.25) is 0 Å². The van der Waals surface area contributed by atoms with Crippen molar-refractivity contribution in [3.8, 4) is 0 Å². The zero-order valence-electron chi connectivity index (χ0n) is 10.2. The second-order valence-corrected chi connectivity index (χ2v) is 5.73. The van der Waals surface area contributed by atoms with Crippen LogP contribution in [0.4, 0.5) is 8.78 Å². The Labute approximate surface area is 117 Å². The Morgan fingerprint density at radius 1 is 1.16 bits per heavy atom. The maximum atomic E-state index is 14.1. The van der Waals surface area contributed by atoms with Gasteiger partial charge in [0.05, 0.1) is 15.4 Å². The maximum Gasteiger partial charge on any atom is 0.195 e. The topological polar surface area (TPSA) is 32.9 Å². The lowest BCUT2D eigenvalue weighted by Crippen LogP contribution is -2.16. The van der Waals surface area contributed by atoms with Crippen LogP contribution in [0.2, 0.25) is 0 Å². The molecule has 0 fully saturated rings. The zero-order chi connectivity index (χ0) is 13.6. The lowest BCUT2D eigenvalue weighted by Gasteiger charge is -2.10. The number of benzene rings is 1. The van der Waals surface area contributed by atoms with Gasteiger partial charge >= 0.3 is 0 Å². The lowest BCUT2D eigenvalue weighted by atomic mass is 10.0. The summed E-state index contributed by atoms with van der Waals surface area (Å²) in [6.07, 6.45) is 4.27. The van der Waals surface area contributed by atoms with Crippen molar-refractivity contribution in [2.75, 3.05) is 0 Å². The van der Waals surface area contributed by atoms with E-state index in [0.717, 1.165) is 37.4 Å². The van der Waals surface area contributed by atoms with E-state index in [-0.39, 0.29) is 20.8 Å². The number of rotatable bonds is 0. The number of aryl methyl sites for hydroxylation is 1. The maximum absolute atomic E-state index is 14.1. The van der Waals surface area contributed by atoms with Crippen molar-refractivity contribution in [2.45, 2.75) is 32.1 Å². The van der Waals surface area contributed by atoms with Crippen LogP contribution in [0.5, 0.6) is 0 Å². The van der Waals surface area contributed by atoms with Crippen molar-refractivity contribution in [3.63, 3.8) is 0 Å². The van der Waals surface area contributed by atoms with Gasteiger partial charge < -0.3 is 4.98 Å². The first kappa shape index (κ1) is 12.8. The van der Waals surface area contributed by atoms with Crippen LogP contribution >= 0.6 is 15.9 Å². The second kappa shape index (κ2) is 4.71. The van der Waals surface area contributed by atoms with Crippen molar-refractivity contribution in [2.24, 2.45) is 0 Å². The van der Waals surface area contributed by atoms with E-state index in [1.165, 1.54) is 0 Å². The van der Waals surface area contributed by atoms with Crippen molar-refractivity contribution in [1.29, 1.82) is 0 Å². The highest BCUT2D eigenvalue weighted by molar-refractivity contribution is 9.10. The molecular weight excluding hydrogens is 316 g/mol. The standard InChI is InChI=1S/C14H12BrF2NO/c15-8-6-9(16)13-11(12(8)17)14(19)7-4-2-1-3-5-10(7)18-13/h6H,1-5H2,(H,18,19). The molecule has 1 heterocycles. The zero-order valence-corrected chi connectivity index (χ0v) is 11.7. The number of aromatic amines is 1. The number of aromatic nitrogens is 1. The van der Waals surface area contributed by atoms with E-state index >= 15 is 0 Å². The normalized spacial score (nSPS) is 15.3. The van der Waals surface area contributed by atoms with E-state index in [4.69, 9.17) is 0 Å². The van der Waals surface area contributed by atoms with Gasteiger partial charge in [0.15, 0.2) is 11.2 Å². The molecule has 0 saturated heterocycles. The van der Waals surface area contributed by atoms with E-state index in [1.54, 1.807) is 0 Å². The molecule has 1 N–H and O–H groups in total. The van der Waals surface area contributed by atoms with Gasteiger partial charge in [-0.05, 0) is 47.7 Å². The summed E-state index contributed by atoms with van der Waals surface area (Å²) < 4.78 is 28.0. The molecule has 0 saturated carbocycles. The van der Waals surface area contributed by atoms with Crippen molar-refractivity contribution < 1.29 is 8.78 Å². The fraction of sp³-hybridized carbons (Fsp3) is 0.357. The highest BCUT2D eigenvalue weighted by Gasteiger charge is 2.20. The average Bonchev–Trinajstić information content (AvgIpc) is 2.61. The molecule has 5 heteroatoms. The van der Waals surface area contributed by atoms with Gasteiger partial charge in [-0.15, -0.1) is 0 Å². The fourth-order valence-electron chi connectivity index (χ4n) is 2.70. The molecule has 3 rings (SSSR count). The van der Waals surface area contributed by atoms with Crippen LogP contribution < -0.4 is 5.43 Å². The average molecular weight is 328 g/mol. The summed E-state index contributed by atoms with van der Waals surface area (Å²) >= 11 is 2.95. The van der Waals surface area contributed by atoms with Crippen molar-refractivity contribution in [3.05, 3.63) is 43.7 Å². The van der Waals surface area contributed by atoms with Gasteiger partial charge in [-0.2, -0.15) is 0 Å². The summed E-state index contributed by atoms with van der Waals surface area (Å²) in [5.74, 6) is -1.29. The third-order valence-corrected chi connectivity index (χ3v) is 4.24. The number of nitrogens with one attached hydrogen (secondary N) is 1. The third kappa shape index (κ3) is 2.00. The molecule has 0 atom stereocenters. The van der Waals surface area contributed by atoms with Gasteiger partial charge in [-0.25, -0.2) is 8.78 Å². The number of pyridine rings is 1. The Bertz CT molecular complexity index is 724. The molecular formula is C14H12BrF2NO. The molecule has 1 aliphatic rings. The third-order valence-electron chi connectivity index (χ3n) is 3.67. The lowest BCUT2D eigenvalue weighted by molar-refractivity contribution is 0.608. The number of H-pyrrole nitrogens is 1. The first-order valence-corrected chi connectivity index (χ1v) is 7.10. The largest absolute Gasteiger partial charge is 0.355 e. The van der Waals surface area contributed by atoms with Gasteiger partial charge in [0.25, 0.3) is 0 Å². The van der Waals surface area contributed by atoms with Gasteiger partial charge in [-0.3, -0.25) is 4.79 Å². The molecule has 0 aliphatic heterocycles. The van der Waals surface area contributed by atoms with E-state index in [9.17, 15) is 13.6 Å². The molecule has 0 radical (unpaired) electrons. The Kier molecular flexibility index (Phi) is 3.17. The van der Waals surface area contributed by atoms with Gasteiger partial charge in [0, 0.05) is 11.3 Å². The second-order valence-electron chi connectivity index (χ2n) is 4.88. The molecule has 1 aromatic heterocycles. The van der Waals surface area contributed by atoms with Crippen LogP contribution in [-0.4, -0.2) is 4.98 Å². The van der Waals surface area contributed by atoms with Crippen molar-refractivity contribution in [1.82, 2.24) is 4.98 Å². The molecule has 2 nitrogen and oxygen atoms in total. The minimum atomic E-state index is -0.690. The molecule has 0 bridgehead atoms. The summed E-state index contributed by atoms with van der Waals surface area (Å²) in [5.41, 5.74) is 0.978. The van der Waals surface area contributed by atoms with E-state index < -0.39 is 11.6 Å². The summed E-state index contributed by atoms with van der Waals surface area (Å²) in [6, 6.07) is 1.05. The SMILES string of the molecule is O=c1c2c([nH]c3c(F)cc(Br)c(F)c13)CCCCC2.